The predicted octanol–water partition coefficient (Wildman–Crippen LogP) is 3.54. The van der Waals surface area contributed by atoms with Gasteiger partial charge in [0.25, 0.3) is 17.5 Å². The van der Waals surface area contributed by atoms with Crippen LogP contribution in [-0.4, -0.2) is 29.3 Å². The zero-order valence-electron chi connectivity index (χ0n) is 16.3. The zero-order chi connectivity index (χ0) is 22.4. The van der Waals surface area contributed by atoms with Crippen LogP contribution in [0, 0.1) is 17.0 Å². The van der Waals surface area contributed by atoms with Crippen LogP contribution >= 0.6 is 0 Å². The Morgan fingerprint density at radius 1 is 1.03 bits per heavy atom. The van der Waals surface area contributed by atoms with Crippen molar-refractivity contribution < 1.29 is 28.5 Å². The van der Waals surface area contributed by atoms with Crippen molar-refractivity contribution >= 4 is 34.8 Å². The highest BCUT2D eigenvalue weighted by Crippen LogP contribution is 2.22. The molecule has 0 fully saturated rings. The van der Waals surface area contributed by atoms with Crippen LogP contribution in [0.1, 0.15) is 26.5 Å². The standard InChI is InChI=1S/C21H17N3O7/c1-13-4-7-16(11-17(13)24(28)29)22-19(25)12-31-21(27)14-5-8-15(9-6-14)23-20(26)18-3-2-10-30-18/h2-11H,12H2,1H3,(H,22,25)(H,23,26). The fourth-order valence-corrected chi connectivity index (χ4v) is 2.59. The molecule has 0 unspecified atom stereocenters. The second-order valence-electron chi connectivity index (χ2n) is 6.39. The molecule has 0 saturated carbocycles. The molecule has 10 heteroatoms. The number of ether oxygens (including phenoxy) is 1. The summed E-state index contributed by atoms with van der Waals surface area (Å²) in [5, 5.41) is 16.0. The third kappa shape index (κ3) is 5.54. The van der Waals surface area contributed by atoms with Crippen molar-refractivity contribution in [1.29, 1.82) is 0 Å². The summed E-state index contributed by atoms with van der Waals surface area (Å²) in [6, 6.07) is 13.2. The van der Waals surface area contributed by atoms with Crippen LogP contribution in [-0.2, 0) is 9.53 Å². The van der Waals surface area contributed by atoms with Gasteiger partial charge < -0.3 is 19.8 Å². The third-order valence-corrected chi connectivity index (χ3v) is 4.15. The molecule has 0 bridgehead atoms. The first-order valence-electron chi connectivity index (χ1n) is 9.00. The van der Waals surface area contributed by atoms with Gasteiger partial charge >= 0.3 is 5.97 Å². The molecule has 1 aromatic heterocycles. The highest BCUT2D eigenvalue weighted by molar-refractivity contribution is 6.02. The molecule has 0 spiro atoms. The average Bonchev–Trinajstić information content (AvgIpc) is 3.29. The molecular weight excluding hydrogens is 406 g/mol. The van der Waals surface area contributed by atoms with Crippen molar-refractivity contribution in [2.45, 2.75) is 6.92 Å². The predicted molar refractivity (Wildman–Crippen MR) is 110 cm³/mol. The molecule has 0 atom stereocenters. The summed E-state index contributed by atoms with van der Waals surface area (Å²) < 4.78 is 9.95. The van der Waals surface area contributed by atoms with Gasteiger partial charge in [0.05, 0.1) is 16.7 Å². The van der Waals surface area contributed by atoms with Gasteiger partial charge in [0.2, 0.25) is 0 Å². The molecule has 1 heterocycles. The molecule has 0 aliphatic carbocycles. The lowest BCUT2D eigenvalue weighted by molar-refractivity contribution is -0.385. The number of nitrogens with zero attached hydrogens (tertiary/aromatic N) is 1. The number of nitro benzene ring substituents is 1. The highest BCUT2D eigenvalue weighted by Gasteiger charge is 2.15. The lowest BCUT2D eigenvalue weighted by Gasteiger charge is -2.08. The Kier molecular flexibility index (Phi) is 6.41. The molecule has 2 amide bonds. The summed E-state index contributed by atoms with van der Waals surface area (Å²) in [6.45, 7) is 1.01. The lowest BCUT2D eigenvalue weighted by Crippen LogP contribution is -2.21. The van der Waals surface area contributed by atoms with Gasteiger partial charge in [0.15, 0.2) is 12.4 Å². The summed E-state index contributed by atoms with van der Waals surface area (Å²) in [6.07, 6.45) is 1.38. The van der Waals surface area contributed by atoms with E-state index < -0.39 is 29.3 Å². The van der Waals surface area contributed by atoms with Gasteiger partial charge in [-0.2, -0.15) is 0 Å². The Morgan fingerprint density at radius 2 is 1.74 bits per heavy atom. The maximum Gasteiger partial charge on any atom is 0.338 e. The lowest BCUT2D eigenvalue weighted by atomic mass is 10.2. The maximum atomic E-state index is 12.1. The highest BCUT2D eigenvalue weighted by atomic mass is 16.6. The number of anilines is 2. The number of amides is 2. The van der Waals surface area contributed by atoms with Crippen LogP contribution in [0.4, 0.5) is 17.1 Å². The largest absolute Gasteiger partial charge is 0.459 e. The topological polar surface area (TPSA) is 141 Å². The second-order valence-corrected chi connectivity index (χ2v) is 6.39. The fourth-order valence-electron chi connectivity index (χ4n) is 2.59. The third-order valence-electron chi connectivity index (χ3n) is 4.15. The number of hydrogen-bond donors (Lipinski definition) is 2. The first-order chi connectivity index (χ1) is 14.8. The molecule has 2 aromatic carbocycles. The minimum absolute atomic E-state index is 0.131. The second kappa shape index (κ2) is 9.35. The number of benzene rings is 2. The maximum absolute atomic E-state index is 12.1. The minimum atomic E-state index is -0.742. The summed E-state index contributed by atoms with van der Waals surface area (Å²) in [7, 11) is 0. The number of esters is 1. The van der Waals surface area contributed by atoms with Crippen LogP contribution < -0.4 is 10.6 Å². The molecule has 158 valence electrons. The van der Waals surface area contributed by atoms with Crippen LogP contribution in [0.2, 0.25) is 0 Å². The number of carbonyl (C=O) groups is 3. The van der Waals surface area contributed by atoms with Crippen molar-refractivity contribution in [3.63, 3.8) is 0 Å². The Balaban J connectivity index is 1.52. The molecule has 10 nitrogen and oxygen atoms in total. The van der Waals surface area contributed by atoms with Crippen LogP contribution in [0.3, 0.4) is 0 Å². The van der Waals surface area contributed by atoms with Crippen LogP contribution in [0.25, 0.3) is 0 Å². The summed E-state index contributed by atoms with van der Waals surface area (Å²) in [5.74, 6) is -1.68. The number of hydrogen-bond acceptors (Lipinski definition) is 7. The molecule has 2 N–H and O–H groups in total. The van der Waals surface area contributed by atoms with Gasteiger partial charge in [-0.3, -0.25) is 19.7 Å². The van der Waals surface area contributed by atoms with E-state index in [0.29, 0.717) is 11.3 Å². The molecule has 3 aromatic rings. The minimum Gasteiger partial charge on any atom is -0.459 e. The first-order valence-corrected chi connectivity index (χ1v) is 9.00. The van der Waals surface area contributed by atoms with Gasteiger partial charge in [-0.05, 0) is 49.4 Å². The van der Waals surface area contributed by atoms with E-state index in [9.17, 15) is 24.5 Å². The first kappa shape index (κ1) is 21.2. The zero-order valence-corrected chi connectivity index (χ0v) is 16.3. The van der Waals surface area contributed by atoms with E-state index in [1.165, 1.54) is 54.8 Å². The van der Waals surface area contributed by atoms with Crippen molar-refractivity contribution in [2.24, 2.45) is 0 Å². The molecule has 0 aliphatic heterocycles. The number of carbonyl (C=O) groups excluding carboxylic acids is 3. The van der Waals surface area contributed by atoms with E-state index in [4.69, 9.17) is 9.15 Å². The molecule has 0 saturated heterocycles. The Bertz CT molecular complexity index is 1120. The average molecular weight is 423 g/mol. The SMILES string of the molecule is Cc1ccc(NC(=O)COC(=O)c2ccc(NC(=O)c3ccco3)cc2)cc1[N+](=O)[O-]. The molecular formula is C21H17N3O7. The van der Waals surface area contributed by atoms with Crippen molar-refractivity contribution in [2.75, 3.05) is 17.2 Å². The van der Waals surface area contributed by atoms with E-state index in [1.54, 1.807) is 13.0 Å². The number of nitrogens with one attached hydrogen (secondary N) is 2. The Labute approximate surface area is 176 Å². The number of furan rings is 1. The summed E-state index contributed by atoms with van der Waals surface area (Å²) in [5.41, 5.74) is 1.16. The van der Waals surface area contributed by atoms with Gasteiger partial charge in [0.1, 0.15) is 0 Å². The van der Waals surface area contributed by atoms with Crippen molar-refractivity contribution in [3.05, 3.63) is 87.9 Å². The smallest absolute Gasteiger partial charge is 0.338 e. The number of nitro groups is 1. The molecule has 31 heavy (non-hydrogen) atoms. The van der Waals surface area contributed by atoms with Gasteiger partial charge in [-0.25, -0.2) is 4.79 Å². The number of rotatable bonds is 7. The summed E-state index contributed by atoms with van der Waals surface area (Å²) >= 11 is 0. The monoisotopic (exact) mass is 423 g/mol. The van der Waals surface area contributed by atoms with E-state index >= 15 is 0 Å². The van der Waals surface area contributed by atoms with Crippen LogP contribution in [0.15, 0.2) is 65.3 Å². The summed E-state index contributed by atoms with van der Waals surface area (Å²) in [4.78, 5) is 46.4. The van der Waals surface area contributed by atoms with Crippen LogP contribution in [0.5, 0.6) is 0 Å². The quantitative estimate of drug-likeness (QED) is 0.336. The molecule has 0 aliphatic rings. The fraction of sp³-hybridized carbons (Fsp3) is 0.0952. The van der Waals surface area contributed by atoms with Gasteiger partial charge in [-0.15, -0.1) is 0 Å². The molecule has 3 rings (SSSR count). The van der Waals surface area contributed by atoms with Crippen molar-refractivity contribution in [1.82, 2.24) is 0 Å². The van der Waals surface area contributed by atoms with E-state index in [-0.39, 0.29) is 22.7 Å². The Hall–Kier alpha value is -4.47. The number of aryl methyl sites for hydroxylation is 1. The van der Waals surface area contributed by atoms with E-state index in [1.807, 2.05) is 0 Å². The van der Waals surface area contributed by atoms with E-state index in [2.05, 4.69) is 10.6 Å². The normalized spacial score (nSPS) is 10.2. The molecule has 0 radical (unpaired) electrons. The van der Waals surface area contributed by atoms with Gasteiger partial charge in [0, 0.05) is 23.0 Å². The Morgan fingerprint density at radius 3 is 2.39 bits per heavy atom. The van der Waals surface area contributed by atoms with Crippen molar-refractivity contribution in [3.8, 4) is 0 Å². The van der Waals surface area contributed by atoms with Gasteiger partial charge in [-0.1, -0.05) is 6.07 Å². The van der Waals surface area contributed by atoms with E-state index in [0.717, 1.165) is 0 Å².